The normalized spacial score (nSPS) is 20.0. The van der Waals surface area contributed by atoms with Gasteiger partial charge in [0.2, 0.25) is 0 Å². The van der Waals surface area contributed by atoms with Crippen molar-refractivity contribution in [3.05, 3.63) is 29.3 Å². The second-order valence-electron chi connectivity index (χ2n) is 6.80. The lowest BCUT2D eigenvalue weighted by atomic mass is 9.79. The topological polar surface area (TPSA) is 44.7 Å². The lowest BCUT2D eigenvalue weighted by molar-refractivity contribution is 0.0305. The number of aliphatic hydroxyl groups is 1. The Morgan fingerprint density at radius 1 is 1.32 bits per heavy atom. The number of aliphatic hydroxyl groups excluding tert-OH is 1. The highest BCUT2D eigenvalue weighted by Gasteiger charge is 2.36. The SMILES string of the molecule is CC(C)(CO)[C@H](c1ccc2c(c1)CCO2)N1CCNCC1.Cl. The predicted molar refractivity (Wildman–Crippen MR) is 90.9 cm³/mol. The molecule has 1 aromatic carbocycles. The highest BCUT2D eigenvalue weighted by molar-refractivity contribution is 5.85. The summed E-state index contributed by atoms with van der Waals surface area (Å²) in [7, 11) is 0. The molecular formula is C17H27ClN2O2. The number of fused-ring (bicyclic) bond motifs is 1. The summed E-state index contributed by atoms with van der Waals surface area (Å²) in [5.74, 6) is 1.03. The Balaban J connectivity index is 0.00000176. The zero-order chi connectivity index (χ0) is 14.9. The Morgan fingerprint density at radius 3 is 2.73 bits per heavy atom. The lowest BCUT2D eigenvalue weighted by Crippen LogP contribution is -2.49. The predicted octanol–water partition coefficient (Wildman–Crippen LogP) is 2.01. The molecule has 2 N–H and O–H groups in total. The van der Waals surface area contributed by atoms with Gasteiger partial charge in [0, 0.05) is 50.7 Å². The summed E-state index contributed by atoms with van der Waals surface area (Å²) in [6.07, 6.45) is 0.997. The zero-order valence-electron chi connectivity index (χ0n) is 13.5. The summed E-state index contributed by atoms with van der Waals surface area (Å²) in [5, 5.41) is 13.3. The molecule has 2 aliphatic rings. The van der Waals surface area contributed by atoms with Gasteiger partial charge < -0.3 is 15.2 Å². The van der Waals surface area contributed by atoms with Crippen LogP contribution in [0.4, 0.5) is 0 Å². The Labute approximate surface area is 139 Å². The summed E-state index contributed by atoms with van der Waals surface area (Å²) in [6, 6.07) is 6.80. The van der Waals surface area contributed by atoms with E-state index in [4.69, 9.17) is 4.74 Å². The molecule has 0 bridgehead atoms. The Kier molecular flexibility index (Phi) is 5.72. The van der Waals surface area contributed by atoms with Crippen LogP contribution in [0.2, 0.25) is 0 Å². The van der Waals surface area contributed by atoms with E-state index in [-0.39, 0.29) is 30.5 Å². The molecule has 22 heavy (non-hydrogen) atoms. The van der Waals surface area contributed by atoms with E-state index < -0.39 is 0 Å². The van der Waals surface area contributed by atoms with Crippen LogP contribution in [-0.2, 0) is 6.42 Å². The summed E-state index contributed by atoms with van der Waals surface area (Å²) >= 11 is 0. The maximum absolute atomic E-state index is 9.88. The number of rotatable bonds is 4. The fraction of sp³-hybridized carbons (Fsp3) is 0.647. The van der Waals surface area contributed by atoms with Crippen LogP contribution in [0.15, 0.2) is 18.2 Å². The van der Waals surface area contributed by atoms with E-state index in [2.05, 4.69) is 42.3 Å². The molecular weight excluding hydrogens is 300 g/mol. The molecule has 124 valence electrons. The number of piperazine rings is 1. The van der Waals surface area contributed by atoms with Crippen LogP contribution >= 0.6 is 12.4 Å². The average molecular weight is 327 g/mol. The van der Waals surface area contributed by atoms with Crippen molar-refractivity contribution in [2.24, 2.45) is 5.41 Å². The minimum atomic E-state index is -0.162. The number of ether oxygens (including phenoxy) is 1. The number of hydrogen-bond acceptors (Lipinski definition) is 4. The summed E-state index contributed by atoms with van der Waals surface area (Å²) in [6.45, 7) is 9.39. The van der Waals surface area contributed by atoms with Crippen molar-refractivity contribution >= 4 is 12.4 Å². The van der Waals surface area contributed by atoms with Crippen molar-refractivity contribution in [2.75, 3.05) is 39.4 Å². The van der Waals surface area contributed by atoms with E-state index in [9.17, 15) is 5.11 Å². The summed E-state index contributed by atoms with van der Waals surface area (Å²) in [5.41, 5.74) is 2.45. The molecule has 0 amide bonds. The highest BCUT2D eigenvalue weighted by atomic mass is 35.5. The first-order chi connectivity index (χ1) is 10.1. The molecule has 0 saturated carbocycles. The quantitative estimate of drug-likeness (QED) is 0.888. The third-order valence-corrected chi connectivity index (χ3v) is 4.69. The maximum Gasteiger partial charge on any atom is 0.122 e. The molecule has 0 aromatic heterocycles. The maximum atomic E-state index is 9.88. The van der Waals surface area contributed by atoms with Gasteiger partial charge in [-0.3, -0.25) is 4.90 Å². The van der Waals surface area contributed by atoms with Gasteiger partial charge in [-0.2, -0.15) is 0 Å². The van der Waals surface area contributed by atoms with Crippen molar-refractivity contribution < 1.29 is 9.84 Å². The lowest BCUT2D eigenvalue weighted by Gasteiger charge is -2.43. The van der Waals surface area contributed by atoms with E-state index in [0.29, 0.717) is 0 Å². The van der Waals surface area contributed by atoms with Gasteiger partial charge in [-0.15, -0.1) is 12.4 Å². The van der Waals surface area contributed by atoms with E-state index >= 15 is 0 Å². The van der Waals surface area contributed by atoms with E-state index in [1.165, 1.54) is 11.1 Å². The van der Waals surface area contributed by atoms with Gasteiger partial charge in [-0.25, -0.2) is 0 Å². The summed E-state index contributed by atoms with van der Waals surface area (Å²) < 4.78 is 5.62. The molecule has 5 heteroatoms. The first kappa shape index (κ1) is 17.5. The van der Waals surface area contributed by atoms with E-state index in [0.717, 1.165) is 45.0 Å². The second kappa shape index (κ2) is 7.18. The largest absolute Gasteiger partial charge is 0.493 e. The fourth-order valence-corrected chi connectivity index (χ4v) is 3.56. The van der Waals surface area contributed by atoms with Gasteiger partial charge in [-0.05, 0) is 17.2 Å². The van der Waals surface area contributed by atoms with Crippen molar-refractivity contribution in [2.45, 2.75) is 26.3 Å². The molecule has 1 aromatic rings. The first-order valence-corrected chi connectivity index (χ1v) is 7.93. The van der Waals surface area contributed by atoms with Gasteiger partial charge >= 0.3 is 0 Å². The number of nitrogens with one attached hydrogen (secondary N) is 1. The molecule has 0 aliphatic carbocycles. The minimum absolute atomic E-state index is 0. The molecule has 3 rings (SSSR count). The molecule has 0 unspecified atom stereocenters. The van der Waals surface area contributed by atoms with Gasteiger partial charge in [0.1, 0.15) is 5.75 Å². The van der Waals surface area contributed by atoms with Gasteiger partial charge in [0.05, 0.1) is 6.61 Å². The molecule has 0 radical (unpaired) electrons. The van der Waals surface area contributed by atoms with Crippen molar-refractivity contribution in [3.63, 3.8) is 0 Å². The average Bonchev–Trinajstić information content (AvgIpc) is 2.96. The first-order valence-electron chi connectivity index (χ1n) is 7.93. The number of hydrogen-bond donors (Lipinski definition) is 2. The molecule has 2 aliphatic heterocycles. The van der Waals surface area contributed by atoms with Crippen LogP contribution in [0.25, 0.3) is 0 Å². The minimum Gasteiger partial charge on any atom is -0.493 e. The van der Waals surface area contributed by atoms with Crippen LogP contribution < -0.4 is 10.1 Å². The molecule has 1 atom stereocenters. The second-order valence-corrected chi connectivity index (χ2v) is 6.80. The number of halogens is 1. The smallest absolute Gasteiger partial charge is 0.122 e. The molecule has 4 nitrogen and oxygen atoms in total. The molecule has 1 fully saturated rings. The third-order valence-electron chi connectivity index (χ3n) is 4.69. The highest BCUT2D eigenvalue weighted by Crippen LogP contribution is 2.40. The van der Waals surface area contributed by atoms with E-state index in [1.807, 2.05) is 0 Å². The standard InChI is InChI=1S/C17H26N2O2.ClH/c1-17(2,12-20)16(19-8-6-18-7-9-19)14-3-4-15-13(11-14)5-10-21-15;/h3-4,11,16,18,20H,5-10,12H2,1-2H3;1H/t16-;/m0./s1. The van der Waals surface area contributed by atoms with Crippen molar-refractivity contribution in [1.29, 1.82) is 0 Å². The van der Waals surface area contributed by atoms with Crippen molar-refractivity contribution in [3.8, 4) is 5.75 Å². The third kappa shape index (κ3) is 3.40. The number of nitrogens with zero attached hydrogens (tertiary/aromatic N) is 1. The Hall–Kier alpha value is -0.810. The van der Waals surface area contributed by atoms with Crippen LogP contribution in [0.5, 0.6) is 5.75 Å². The van der Waals surface area contributed by atoms with Crippen molar-refractivity contribution in [1.82, 2.24) is 10.2 Å². The van der Waals surface area contributed by atoms with Gasteiger partial charge in [0.15, 0.2) is 0 Å². The summed E-state index contributed by atoms with van der Waals surface area (Å²) in [4.78, 5) is 2.50. The van der Waals surface area contributed by atoms with E-state index in [1.54, 1.807) is 0 Å². The Bertz CT molecular complexity index is 501. The monoisotopic (exact) mass is 326 g/mol. The van der Waals surface area contributed by atoms with Crippen LogP contribution in [0.1, 0.15) is 31.0 Å². The van der Waals surface area contributed by atoms with Crippen LogP contribution in [0, 0.1) is 5.41 Å². The fourth-order valence-electron chi connectivity index (χ4n) is 3.56. The Morgan fingerprint density at radius 2 is 2.05 bits per heavy atom. The van der Waals surface area contributed by atoms with Gasteiger partial charge in [0.25, 0.3) is 0 Å². The molecule has 0 spiro atoms. The van der Waals surface area contributed by atoms with Crippen LogP contribution in [0.3, 0.4) is 0 Å². The zero-order valence-corrected chi connectivity index (χ0v) is 14.3. The number of benzene rings is 1. The molecule has 1 saturated heterocycles. The molecule has 2 heterocycles. The van der Waals surface area contributed by atoms with Gasteiger partial charge in [-0.1, -0.05) is 26.0 Å². The van der Waals surface area contributed by atoms with Crippen LogP contribution in [-0.4, -0.2) is 49.4 Å².